The monoisotopic (exact) mass is 285 g/mol. The molecule has 0 aliphatic rings. The average molecular weight is 285 g/mol. The molecule has 4 nitrogen and oxygen atoms in total. The molecule has 3 rings (SSSR count). The number of pyridine rings is 1. The van der Waals surface area contributed by atoms with Crippen LogP contribution in [-0.4, -0.2) is 17.0 Å². The quantitative estimate of drug-likeness (QED) is 0.793. The van der Waals surface area contributed by atoms with E-state index in [1.807, 2.05) is 43.6 Å². The fourth-order valence-electron chi connectivity index (χ4n) is 1.86. The van der Waals surface area contributed by atoms with Crippen LogP contribution in [0.3, 0.4) is 0 Å². The maximum absolute atomic E-state index is 5.67. The van der Waals surface area contributed by atoms with E-state index in [1.165, 1.54) is 11.8 Å². The number of fused-ring (bicyclic) bond motifs is 1. The van der Waals surface area contributed by atoms with Crippen molar-refractivity contribution in [2.75, 3.05) is 7.05 Å². The van der Waals surface area contributed by atoms with Gasteiger partial charge in [-0.05, 0) is 49.5 Å². The molecule has 5 heteroatoms. The Morgan fingerprint density at radius 2 is 2.05 bits per heavy atom. The van der Waals surface area contributed by atoms with Crippen LogP contribution in [0.2, 0.25) is 0 Å². The molecule has 0 aliphatic carbocycles. The number of nitrogens with zero attached hydrogens (tertiary/aromatic N) is 2. The van der Waals surface area contributed by atoms with Crippen LogP contribution in [0.4, 0.5) is 0 Å². The Morgan fingerprint density at radius 3 is 2.75 bits per heavy atom. The van der Waals surface area contributed by atoms with E-state index in [9.17, 15) is 0 Å². The maximum Gasteiger partial charge on any atom is 0.263 e. The van der Waals surface area contributed by atoms with Crippen molar-refractivity contribution in [1.29, 1.82) is 0 Å². The van der Waals surface area contributed by atoms with Crippen LogP contribution in [0, 0.1) is 0 Å². The molecular formula is C15H15N3OS. The molecule has 0 spiro atoms. The maximum atomic E-state index is 5.67. The Labute approximate surface area is 121 Å². The van der Waals surface area contributed by atoms with E-state index in [1.54, 1.807) is 0 Å². The highest BCUT2D eigenvalue weighted by molar-refractivity contribution is 7.99. The number of rotatable bonds is 4. The first kappa shape index (κ1) is 13.1. The van der Waals surface area contributed by atoms with Crippen LogP contribution in [0.5, 0.6) is 0 Å². The smallest absolute Gasteiger partial charge is 0.263 e. The second-order valence-corrected chi connectivity index (χ2v) is 5.46. The Morgan fingerprint density at radius 1 is 1.20 bits per heavy atom. The molecule has 0 bridgehead atoms. The number of hydrogen-bond donors (Lipinski definition) is 1. The molecule has 0 amide bonds. The standard InChI is InChI=1S/C15H15N3OS/c1-10(16-2)11-7-8-14(17-9-11)20-15-18-12-5-3-4-6-13(12)19-15/h3-10,16H,1-2H3. The number of nitrogens with one attached hydrogen (secondary N) is 1. The lowest BCUT2D eigenvalue weighted by atomic mass is 10.1. The first-order valence-electron chi connectivity index (χ1n) is 6.43. The molecule has 20 heavy (non-hydrogen) atoms. The van der Waals surface area contributed by atoms with E-state index in [4.69, 9.17) is 4.42 Å². The van der Waals surface area contributed by atoms with E-state index in [0.29, 0.717) is 11.3 Å². The zero-order valence-electron chi connectivity index (χ0n) is 11.3. The first-order valence-corrected chi connectivity index (χ1v) is 7.24. The summed E-state index contributed by atoms with van der Waals surface area (Å²) in [6.45, 7) is 2.10. The van der Waals surface area contributed by atoms with Gasteiger partial charge >= 0.3 is 0 Å². The molecule has 3 aromatic rings. The third-order valence-corrected chi connectivity index (χ3v) is 3.96. The molecule has 0 radical (unpaired) electrons. The molecule has 1 atom stereocenters. The van der Waals surface area contributed by atoms with Gasteiger partial charge in [0, 0.05) is 12.2 Å². The lowest BCUT2D eigenvalue weighted by Crippen LogP contribution is -2.12. The third kappa shape index (κ3) is 2.69. The Hall–Kier alpha value is -1.85. The highest BCUT2D eigenvalue weighted by atomic mass is 32.2. The van der Waals surface area contributed by atoms with E-state index >= 15 is 0 Å². The SMILES string of the molecule is CNC(C)c1ccc(Sc2nc3ccccc3o2)nc1. The molecule has 1 aromatic carbocycles. The summed E-state index contributed by atoms with van der Waals surface area (Å²) in [6.07, 6.45) is 1.88. The number of para-hydroxylation sites is 2. The number of aromatic nitrogens is 2. The predicted molar refractivity (Wildman–Crippen MR) is 79.8 cm³/mol. The van der Waals surface area contributed by atoms with Gasteiger partial charge in [-0.2, -0.15) is 0 Å². The number of oxazole rings is 1. The predicted octanol–water partition coefficient (Wildman–Crippen LogP) is 3.65. The Bertz CT molecular complexity index is 675. The molecule has 0 saturated heterocycles. The summed E-state index contributed by atoms with van der Waals surface area (Å²) in [6, 6.07) is 12.1. The van der Waals surface area contributed by atoms with Gasteiger partial charge in [-0.15, -0.1) is 0 Å². The fraction of sp³-hybridized carbons (Fsp3) is 0.200. The van der Waals surface area contributed by atoms with Crippen molar-refractivity contribution in [1.82, 2.24) is 15.3 Å². The molecule has 0 saturated carbocycles. The van der Waals surface area contributed by atoms with Crippen LogP contribution < -0.4 is 5.32 Å². The van der Waals surface area contributed by atoms with Crippen molar-refractivity contribution in [3.8, 4) is 0 Å². The molecule has 2 heterocycles. The minimum absolute atomic E-state index is 0.297. The minimum Gasteiger partial charge on any atom is -0.431 e. The summed E-state index contributed by atoms with van der Waals surface area (Å²) >= 11 is 1.43. The zero-order chi connectivity index (χ0) is 13.9. The molecule has 102 valence electrons. The highest BCUT2D eigenvalue weighted by Crippen LogP contribution is 2.28. The molecule has 0 aliphatic heterocycles. The van der Waals surface area contributed by atoms with Crippen molar-refractivity contribution in [3.05, 3.63) is 48.2 Å². The molecule has 1 unspecified atom stereocenters. The normalized spacial score (nSPS) is 12.7. The summed E-state index contributed by atoms with van der Waals surface area (Å²) in [4.78, 5) is 8.86. The molecular weight excluding hydrogens is 270 g/mol. The topological polar surface area (TPSA) is 51.0 Å². The van der Waals surface area contributed by atoms with Crippen molar-refractivity contribution in [3.63, 3.8) is 0 Å². The van der Waals surface area contributed by atoms with Crippen molar-refractivity contribution < 1.29 is 4.42 Å². The van der Waals surface area contributed by atoms with Gasteiger partial charge in [0.25, 0.3) is 5.22 Å². The van der Waals surface area contributed by atoms with Gasteiger partial charge in [0.1, 0.15) is 10.5 Å². The number of hydrogen-bond acceptors (Lipinski definition) is 5. The Kier molecular flexibility index (Phi) is 3.71. The van der Waals surface area contributed by atoms with E-state index in [-0.39, 0.29) is 0 Å². The largest absolute Gasteiger partial charge is 0.431 e. The lowest BCUT2D eigenvalue weighted by Gasteiger charge is -2.09. The summed E-state index contributed by atoms with van der Waals surface area (Å²) in [5.41, 5.74) is 2.83. The summed E-state index contributed by atoms with van der Waals surface area (Å²) in [7, 11) is 1.94. The van der Waals surface area contributed by atoms with Crippen molar-refractivity contribution in [2.45, 2.75) is 23.2 Å². The number of benzene rings is 1. The van der Waals surface area contributed by atoms with Crippen LogP contribution in [0.15, 0.2) is 57.3 Å². The van der Waals surface area contributed by atoms with Crippen LogP contribution in [0.1, 0.15) is 18.5 Å². The van der Waals surface area contributed by atoms with Gasteiger partial charge in [0.2, 0.25) is 0 Å². The van der Waals surface area contributed by atoms with Gasteiger partial charge < -0.3 is 9.73 Å². The van der Waals surface area contributed by atoms with Gasteiger partial charge in [0.05, 0.1) is 0 Å². The summed E-state index contributed by atoms with van der Waals surface area (Å²) in [5.74, 6) is 0. The van der Waals surface area contributed by atoms with E-state index < -0.39 is 0 Å². The summed E-state index contributed by atoms with van der Waals surface area (Å²) < 4.78 is 5.67. The van der Waals surface area contributed by atoms with Gasteiger partial charge in [-0.1, -0.05) is 18.2 Å². The third-order valence-electron chi connectivity index (χ3n) is 3.16. The zero-order valence-corrected chi connectivity index (χ0v) is 12.1. The second-order valence-electron chi connectivity index (χ2n) is 4.49. The van der Waals surface area contributed by atoms with Gasteiger partial charge in [0.15, 0.2) is 5.58 Å². The minimum atomic E-state index is 0.297. The lowest BCUT2D eigenvalue weighted by molar-refractivity contribution is 0.489. The Balaban J connectivity index is 1.80. The molecule has 0 fully saturated rings. The molecule has 1 N–H and O–H groups in total. The first-order chi connectivity index (χ1) is 9.76. The van der Waals surface area contributed by atoms with Gasteiger partial charge in [-0.3, -0.25) is 0 Å². The average Bonchev–Trinajstić information content (AvgIpc) is 2.89. The second kappa shape index (κ2) is 5.64. The molecule has 2 aromatic heterocycles. The summed E-state index contributed by atoms with van der Waals surface area (Å²) in [5, 5.41) is 4.69. The van der Waals surface area contributed by atoms with E-state index in [0.717, 1.165) is 21.7 Å². The van der Waals surface area contributed by atoms with E-state index in [2.05, 4.69) is 28.3 Å². The highest BCUT2D eigenvalue weighted by Gasteiger charge is 2.09. The van der Waals surface area contributed by atoms with Crippen molar-refractivity contribution in [2.24, 2.45) is 0 Å². The van der Waals surface area contributed by atoms with Crippen LogP contribution >= 0.6 is 11.8 Å². The fourth-order valence-corrected chi connectivity index (χ4v) is 2.55. The van der Waals surface area contributed by atoms with Crippen LogP contribution in [-0.2, 0) is 0 Å². The van der Waals surface area contributed by atoms with Gasteiger partial charge in [-0.25, -0.2) is 9.97 Å². The van der Waals surface area contributed by atoms with Crippen molar-refractivity contribution >= 4 is 22.9 Å². The van der Waals surface area contributed by atoms with Crippen LogP contribution in [0.25, 0.3) is 11.1 Å².